The van der Waals surface area contributed by atoms with Gasteiger partial charge in [-0.05, 0) is 51.0 Å². The highest BCUT2D eigenvalue weighted by molar-refractivity contribution is 6.76. The highest BCUT2D eigenvalue weighted by Crippen LogP contribution is 2.37. The molecule has 0 unspecified atom stereocenters. The number of halogens is 3. The molecule has 3 nitrogen and oxygen atoms in total. The van der Waals surface area contributed by atoms with Crippen LogP contribution in [0.4, 0.5) is 0 Å². The van der Waals surface area contributed by atoms with E-state index in [9.17, 15) is 4.79 Å². The van der Waals surface area contributed by atoms with Crippen molar-refractivity contribution in [3.05, 3.63) is 47.7 Å². The molecule has 0 saturated carbocycles. The molecule has 7 heteroatoms. The Bertz CT molecular complexity index is 653. The molecule has 1 aromatic rings. The summed E-state index contributed by atoms with van der Waals surface area (Å²) in [6.07, 6.45) is 4.37. The molecule has 1 aromatic carbocycles. The lowest BCUT2D eigenvalue weighted by atomic mass is 9.95. The Morgan fingerprint density at radius 2 is 1.85 bits per heavy atom. The molecule has 0 aliphatic heterocycles. The van der Waals surface area contributed by atoms with Crippen LogP contribution in [0, 0.1) is 0 Å². The van der Waals surface area contributed by atoms with E-state index in [0.29, 0.717) is 6.42 Å². The van der Waals surface area contributed by atoms with E-state index in [1.807, 2.05) is 37.3 Å². The molecule has 0 bridgehead atoms. The lowest BCUT2D eigenvalue weighted by molar-refractivity contribution is -0.135. The topological polar surface area (TPSA) is 29.5 Å². The molecule has 26 heavy (non-hydrogen) atoms. The Balaban J connectivity index is 2.24. The van der Waals surface area contributed by atoms with E-state index >= 15 is 0 Å². The van der Waals surface area contributed by atoms with Crippen LogP contribution in [-0.2, 0) is 9.22 Å². The van der Waals surface area contributed by atoms with E-state index < -0.39 is 18.0 Å². The van der Waals surface area contributed by atoms with Crippen LogP contribution in [0.1, 0.15) is 37.8 Å². The zero-order valence-corrected chi connectivity index (χ0v) is 18.9. The van der Waals surface area contributed by atoms with Gasteiger partial charge in [-0.2, -0.15) is 0 Å². The molecular formula is C19H26Cl3NO2Si. The molecule has 144 valence electrons. The molecular weight excluding hydrogens is 409 g/mol. The monoisotopic (exact) mass is 433 g/mol. The smallest absolute Gasteiger partial charge is 0.275 e. The second-order valence-electron chi connectivity index (χ2n) is 7.61. The minimum atomic E-state index is -1.97. The number of rotatable bonds is 5. The number of benzene rings is 1. The normalized spacial score (nSPS) is 19.5. The molecule has 2 rings (SSSR count). The van der Waals surface area contributed by atoms with Gasteiger partial charge >= 0.3 is 0 Å². The van der Waals surface area contributed by atoms with E-state index in [-0.39, 0.29) is 12.1 Å². The third-order valence-corrected chi connectivity index (χ3v) is 5.71. The maximum Gasteiger partial charge on any atom is 0.275 e. The second-order valence-corrected chi connectivity index (χ2v) is 14.3. The summed E-state index contributed by atoms with van der Waals surface area (Å²) in [4.78, 5) is 14.6. The van der Waals surface area contributed by atoms with Crippen LogP contribution < -0.4 is 0 Å². The standard InChI is InChI=1S/C19H26Cl3NO2Si/c1-14(15-8-6-5-7-9-15)23(18(24)19(20,21)22)16-10-12-17(13-11-16)25-26(2,3)4/h5-9,12,14,16H,10-11,13H2,1-4H3/t14-,16-/m0/s1. The molecule has 2 atom stereocenters. The lowest BCUT2D eigenvalue weighted by Crippen LogP contribution is -2.48. The van der Waals surface area contributed by atoms with E-state index in [4.69, 9.17) is 39.2 Å². The number of carbonyl (C=O) groups excluding carboxylic acids is 1. The first-order chi connectivity index (χ1) is 12.0. The summed E-state index contributed by atoms with van der Waals surface area (Å²) < 4.78 is 4.13. The van der Waals surface area contributed by atoms with Gasteiger partial charge in [0.15, 0.2) is 0 Å². The minimum absolute atomic E-state index is 0.0256. The van der Waals surface area contributed by atoms with Crippen LogP contribution in [0.3, 0.4) is 0 Å². The quantitative estimate of drug-likeness (QED) is 0.406. The van der Waals surface area contributed by atoms with Crippen molar-refractivity contribution in [2.45, 2.75) is 61.7 Å². The van der Waals surface area contributed by atoms with Crippen LogP contribution in [0.2, 0.25) is 19.6 Å². The predicted molar refractivity (Wildman–Crippen MR) is 112 cm³/mol. The van der Waals surface area contributed by atoms with Gasteiger partial charge in [0.1, 0.15) is 0 Å². The summed E-state index contributed by atoms with van der Waals surface area (Å²) in [6, 6.07) is 9.61. The van der Waals surface area contributed by atoms with Crippen molar-refractivity contribution in [2.24, 2.45) is 0 Å². The Labute approximate surface area is 172 Å². The molecule has 0 heterocycles. The number of allylic oxidation sites excluding steroid dienone is 1. The number of amides is 1. The maximum atomic E-state index is 12.9. The van der Waals surface area contributed by atoms with E-state index in [1.165, 1.54) is 0 Å². The molecule has 0 fully saturated rings. The Kier molecular flexibility index (Phi) is 7.11. The summed E-state index contributed by atoms with van der Waals surface area (Å²) in [7, 11) is -1.63. The van der Waals surface area contributed by atoms with Gasteiger partial charge in [-0.15, -0.1) is 0 Å². The first-order valence-corrected chi connectivity index (χ1v) is 13.4. The molecule has 0 saturated heterocycles. The molecule has 0 spiro atoms. The van der Waals surface area contributed by atoms with Gasteiger partial charge in [0.2, 0.25) is 8.32 Å². The summed E-state index contributed by atoms with van der Waals surface area (Å²) >= 11 is 17.9. The average molecular weight is 435 g/mol. The van der Waals surface area contributed by atoms with Crippen molar-refractivity contribution in [2.75, 3.05) is 0 Å². The van der Waals surface area contributed by atoms with Crippen molar-refractivity contribution in [3.8, 4) is 0 Å². The Morgan fingerprint density at radius 3 is 2.31 bits per heavy atom. The number of hydrogen-bond acceptors (Lipinski definition) is 2. The SMILES string of the molecule is C[C@@H](c1ccccc1)N(C(=O)C(Cl)(Cl)Cl)[C@H]1CC=C(O[Si](C)(C)C)CC1. The summed E-state index contributed by atoms with van der Waals surface area (Å²) in [5.41, 5.74) is 1.02. The molecule has 1 aliphatic carbocycles. The van der Waals surface area contributed by atoms with Crippen LogP contribution in [0.15, 0.2) is 42.2 Å². The van der Waals surface area contributed by atoms with Gasteiger partial charge in [0.25, 0.3) is 9.70 Å². The number of nitrogens with zero attached hydrogens (tertiary/aromatic N) is 1. The van der Waals surface area contributed by atoms with Crippen molar-refractivity contribution in [3.63, 3.8) is 0 Å². The van der Waals surface area contributed by atoms with Crippen molar-refractivity contribution < 1.29 is 9.22 Å². The third-order valence-electron chi connectivity index (χ3n) is 4.35. The summed E-state index contributed by atoms with van der Waals surface area (Å²) in [6.45, 7) is 8.46. The molecule has 0 aromatic heterocycles. The summed E-state index contributed by atoms with van der Waals surface area (Å²) in [5.74, 6) is 0.542. The van der Waals surface area contributed by atoms with Gasteiger partial charge in [-0.3, -0.25) is 4.79 Å². The fourth-order valence-electron chi connectivity index (χ4n) is 3.23. The zero-order chi connectivity index (χ0) is 19.5. The van der Waals surface area contributed by atoms with Crippen molar-refractivity contribution in [1.29, 1.82) is 0 Å². The number of carbonyl (C=O) groups is 1. The largest absolute Gasteiger partial charge is 0.548 e. The fraction of sp³-hybridized carbons (Fsp3) is 0.526. The zero-order valence-electron chi connectivity index (χ0n) is 15.6. The number of hydrogen-bond donors (Lipinski definition) is 0. The van der Waals surface area contributed by atoms with E-state index in [1.54, 1.807) is 4.90 Å². The number of alkyl halides is 3. The van der Waals surface area contributed by atoms with Gasteiger partial charge in [-0.1, -0.05) is 65.1 Å². The van der Waals surface area contributed by atoms with Gasteiger partial charge in [-0.25, -0.2) is 0 Å². The van der Waals surface area contributed by atoms with Crippen LogP contribution in [-0.4, -0.2) is 29.0 Å². The first kappa shape index (κ1) is 21.6. The molecule has 1 aliphatic rings. The van der Waals surface area contributed by atoms with E-state index in [0.717, 1.165) is 24.2 Å². The predicted octanol–water partition coefficient (Wildman–Crippen LogP) is 6.23. The minimum Gasteiger partial charge on any atom is -0.548 e. The average Bonchev–Trinajstić information content (AvgIpc) is 2.55. The third kappa shape index (κ3) is 5.91. The molecule has 0 radical (unpaired) electrons. The van der Waals surface area contributed by atoms with Gasteiger partial charge in [0.05, 0.1) is 11.8 Å². The van der Waals surface area contributed by atoms with Crippen molar-refractivity contribution in [1.82, 2.24) is 4.90 Å². The van der Waals surface area contributed by atoms with Crippen LogP contribution in [0.25, 0.3) is 0 Å². The first-order valence-electron chi connectivity index (χ1n) is 8.81. The van der Waals surface area contributed by atoms with Crippen LogP contribution in [0.5, 0.6) is 0 Å². The van der Waals surface area contributed by atoms with Gasteiger partial charge in [0, 0.05) is 12.5 Å². The van der Waals surface area contributed by atoms with Crippen LogP contribution >= 0.6 is 34.8 Å². The second kappa shape index (κ2) is 8.55. The van der Waals surface area contributed by atoms with E-state index in [2.05, 4.69) is 25.7 Å². The fourth-order valence-corrected chi connectivity index (χ4v) is 4.50. The highest BCUT2D eigenvalue weighted by atomic mass is 35.6. The highest BCUT2D eigenvalue weighted by Gasteiger charge is 2.41. The molecule has 0 N–H and O–H groups in total. The summed E-state index contributed by atoms with van der Waals surface area (Å²) in [5, 5.41) is 0. The lowest BCUT2D eigenvalue weighted by Gasteiger charge is -2.40. The molecule has 1 amide bonds. The maximum absolute atomic E-state index is 12.9. The van der Waals surface area contributed by atoms with Crippen molar-refractivity contribution >= 4 is 49.0 Å². The Morgan fingerprint density at radius 1 is 1.23 bits per heavy atom. The Hall–Kier alpha value is -0.683. The van der Waals surface area contributed by atoms with Gasteiger partial charge < -0.3 is 9.33 Å².